The van der Waals surface area contributed by atoms with Crippen LogP contribution in [-0.4, -0.2) is 37.1 Å². The molecule has 2 atom stereocenters. The minimum absolute atomic E-state index is 0.00173. The van der Waals surface area contributed by atoms with Gasteiger partial charge in [-0.3, -0.25) is 0 Å². The van der Waals surface area contributed by atoms with Crippen molar-refractivity contribution < 1.29 is 38.1 Å². The van der Waals surface area contributed by atoms with Crippen molar-refractivity contribution in [2.75, 3.05) is 13.2 Å². The number of rotatable bonds is 10. The molecule has 0 fully saturated rings. The van der Waals surface area contributed by atoms with E-state index < -0.39 is 46.5 Å². The van der Waals surface area contributed by atoms with Crippen molar-refractivity contribution in [2.24, 2.45) is 34.5 Å². The van der Waals surface area contributed by atoms with Crippen molar-refractivity contribution in [3.05, 3.63) is 53.4 Å². The molecule has 2 rings (SSSR count). The van der Waals surface area contributed by atoms with Gasteiger partial charge in [0.2, 0.25) is 0 Å². The first-order valence-electron chi connectivity index (χ1n) is 15.0. The summed E-state index contributed by atoms with van der Waals surface area (Å²) in [4.78, 5) is 52.8. The Morgan fingerprint density at radius 1 is 0.562 bits per heavy atom. The summed E-state index contributed by atoms with van der Waals surface area (Å²) in [6.45, 7) is 20.0. The maximum Gasteiger partial charge on any atom is 0.423 e. The van der Waals surface area contributed by atoms with Crippen LogP contribution < -0.4 is 9.47 Å². The summed E-state index contributed by atoms with van der Waals surface area (Å²) in [5.74, 6) is -6.34. The van der Waals surface area contributed by atoms with E-state index in [4.69, 9.17) is 88.6 Å². The van der Waals surface area contributed by atoms with Crippen LogP contribution in [-0.2, 0) is 19.1 Å². The molecular formula is C34H40Cl6O8. The van der Waals surface area contributed by atoms with Crippen molar-refractivity contribution in [2.45, 2.75) is 69.2 Å². The van der Waals surface area contributed by atoms with E-state index in [1.807, 2.05) is 69.2 Å². The molecule has 0 saturated carbocycles. The van der Waals surface area contributed by atoms with Gasteiger partial charge in [-0.1, -0.05) is 139 Å². The predicted octanol–water partition coefficient (Wildman–Crippen LogP) is 11.1. The molecule has 14 heteroatoms. The lowest BCUT2D eigenvalue weighted by molar-refractivity contribution is -0.156. The number of ether oxygens (including phenoxy) is 4. The van der Waals surface area contributed by atoms with Crippen LogP contribution in [0.1, 0.15) is 90.0 Å². The maximum absolute atomic E-state index is 13.3. The molecule has 0 spiro atoms. The molecule has 48 heavy (non-hydrogen) atoms. The van der Waals surface area contributed by atoms with Crippen molar-refractivity contribution in [3.63, 3.8) is 0 Å². The van der Waals surface area contributed by atoms with E-state index in [9.17, 15) is 19.2 Å². The second-order valence-corrected chi connectivity index (χ2v) is 16.5. The van der Waals surface area contributed by atoms with Crippen LogP contribution >= 0.6 is 69.6 Å². The van der Waals surface area contributed by atoms with Crippen molar-refractivity contribution in [1.82, 2.24) is 0 Å². The van der Waals surface area contributed by atoms with Gasteiger partial charge < -0.3 is 18.9 Å². The van der Waals surface area contributed by atoms with Crippen LogP contribution in [0.5, 0.6) is 11.5 Å². The molecule has 0 radical (unpaired) electrons. The fraction of sp³-hybridized carbons (Fsp3) is 0.529. The molecule has 8 nitrogen and oxygen atoms in total. The van der Waals surface area contributed by atoms with E-state index in [1.165, 1.54) is 0 Å². The Morgan fingerprint density at radius 2 is 0.854 bits per heavy atom. The van der Waals surface area contributed by atoms with Gasteiger partial charge in [-0.2, -0.15) is 0 Å². The van der Waals surface area contributed by atoms with Crippen molar-refractivity contribution in [1.29, 1.82) is 0 Å². The monoisotopic (exact) mass is 786 g/mol. The van der Waals surface area contributed by atoms with Crippen LogP contribution in [0.3, 0.4) is 0 Å². The highest BCUT2D eigenvalue weighted by Gasteiger charge is 2.35. The van der Waals surface area contributed by atoms with Gasteiger partial charge >= 0.3 is 23.9 Å². The molecule has 2 aromatic carbocycles. The van der Waals surface area contributed by atoms with Gasteiger partial charge in [0, 0.05) is 11.8 Å². The highest BCUT2D eigenvalue weighted by molar-refractivity contribution is 6.47. The number of esters is 4. The van der Waals surface area contributed by atoms with Crippen LogP contribution in [0, 0.1) is 34.5 Å². The SMILES string of the molecule is CC(C)C(COC(=O)c1c(Cl)c(Cl)cc(Cl)c1OC(=O)C(=O)Oc1c(Cl)cc(Cl)c(Cl)c1C(=O)OCC(C(C)C)C(C)(C)C)C(C)(C)C. The zero-order valence-electron chi connectivity index (χ0n) is 28.4. The number of benzene rings is 2. The van der Waals surface area contributed by atoms with Crippen LogP contribution in [0.25, 0.3) is 0 Å². The molecule has 266 valence electrons. The summed E-state index contributed by atoms with van der Waals surface area (Å²) in [7, 11) is 0. The van der Waals surface area contributed by atoms with Gasteiger partial charge in [0.25, 0.3) is 0 Å². The minimum Gasteiger partial charge on any atom is -0.462 e. The van der Waals surface area contributed by atoms with Crippen LogP contribution in [0.4, 0.5) is 0 Å². The molecule has 0 aromatic heterocycles. The van der Waals surface area contributed by atoms with Crippen molar-refractivity contribution >= 4 is 93.5 Å². The Labute approximate surface area is 311 Å². The Balaban J connectivity index is 2.43. The number of halogens is 6. The second kappa shape index (κ2) is 16.8. The van der Waals surface area contributed by atoms with Crippen molar-refractivity contribution in [3.8, 4) is 11.5 Å². The fourth-order valence-corrected chi connectivity index (χ4v) is 6.79. The third-order valence-electron chi connectivity index (χ3n) is 7.84. The van der Waals surface area contributed by atoms with Crippen LogP contribution in [0.2, 0.25) is 30.1 Å². The lowest BCUT2D eigenvalue weighted by atomic mass is 9.75. The predicted molar refractivity (Wildman–Crippen MR) is 190 cm³/mol. The van der Waals surface area contributed by atoms with Gasteiger partial charge in [-0.25, -0.2) is 19.2 Å². The molecule has 0 saturated heterocycles. The molecule has 0 bridgehead atoms. The number of carbonyl (C=O) groups is 4. The summed E-state index contributed by atoms with van der Waals surface area (Å²) >= 11 is 37.6. The normalized spacial score (nSPS) is 13.3. The summed E-state index contributed by atoms with van der Waals surface area (Å²) in [6, 6.07) is 2.24. The van der Waals surface area contributed by atoms with E-state index in [1.54, 1.807) is 0 Å². The van der Waals surface area contributed by atoms with E-state index >= 15 is 0 Å². The summed E-state index contributed by atoms with van der Waals surface area (Å²) in [6.07, 6.45) is 0. The quantitative estimate of drug-likeness (QED) is 0.101. The molecule has 0 heterocycles. The van der Waals surface area contributed by atoms with E-state index in [-0.39, 0.29) is 77.9 Å². The van der Waals surface area contributed by atoms with Crippen LogP contribution in [0.15, 0.2) is 12.1 Å². The Bertz CT molecular complexity index is 1440. The smallest absolute Gasteiger partial charge is 0.423 e. The van der Waals surface area contributed by atoms with Gasteiger partial charge in [0.15, 0.2) is 11.5 Å². The van der Waals surface area contributed by atoms with E-state index in [2.05, 4.69) is 0 Å². The molecule has 0 aliphatic carbocycles. The second-order valence-electron chi connectivity index (χ2n) is 14.1. The summed E-state index contributed by atoms with van der Waals surface area (Å²) in [5.41, 5.74) is -1.41. The molecule has 0 amide bonds. The first kappa shape index (κ1) is 42.2. The fourth-order valence-electron chi connectivity index (χ4n) is 5.35. The Kier molecular flexibility index (Phi) is 14.8. The Morgan fingerprint density at radius 3 is 1.10 bits per heavy atom. The van der Waals surface area contributed by atoms with Gasteiger partial charge in [0.1, 0.15) is 11.1 Å². The third kappa shape index (κ3) is 10.5. The lowest BCUT2D eigenvalue weighted by Crippen LogP contribution is -2.31. The summed E-state index contributed by atoms with van der Waals surface area (Å²) < 4.78 is 21.6. The highest BCUT2D eigenvalue weighted by atomic mass is 35.5. The van der Waals surface area contributed by atoms with Gasteiger partial charge in [-0.15, -0.1) is 0 Å². The average molecular weight is 789 g/mol. The molecular weight excluding hydrogens is 749 g/mol. The molecule has 0 N–H and O–H groups in total. The first-order valence-corrected chi connectivity index (χ1v) is 17.3. The number of carbonyl (C=O) groups excluding carboxylic acids is 4. The number of hydrogen-bond donors (Lipinski definition) is 0. The van der Waals surface area contributed by atoms with Gasteiger partial charge in [0.05, 0.1) is 43.3 Å². The average Bonchev–Trinajstić information content (AvgIpc) is 2.92. The minimum atomic E-state index is -1.66. The molecule has 2 unspecified atom stereocenters. The molecule has 2 aromatic rings. The first-order chi connectivity index (χ1) is 21.9. The van der Waals surface area contributed by atoms with E-state index in [0.29, 0.717) is 0 Å². The topological polar surface area (TPSA) is 105 Å². The summed E-state index contributed by atoms with van der Waals surface area (Å²) in [5, 5.41) is -1.58. The van der Waals surface area contributed by atoms with E-state index in [0.717, 1.165) is 12.1 Å². The zero-order chi connectivity index (χ0) is 37.0. The zero-order valence-corrected chi connectivity index (χ0v) is 32.9. The molecule has 0 aliphatic rings. The highest BCUT2D eigenvalue weighted by Crippen LogP contribution is 2.42. The largest absolute Gasteiger partial charge is 0.462 e. The standard InChI is InChI=1S/C34H40Cl6O8/c1-15(2)17(33(5,6)7)13-45-29(41)23-25(39)19(35)11-21(37)27(23)47-31(43)32(44)48-28-22(38)12-20(36)26(40)24(28)30(42)46-14-18(16(3)4)34(8,9)10/h11-12,15-18H,13-14H2,1-10H3. The number of hydrogen-bond acceptors (Lipinski definition) is 8. The third-order valence-corrected chi connectivity index (χ3v) is 9.98. The molecule has 0 aliphatic heterocycles. The Hall–Kier alpha value is -1.94. The van der Waals surface area contributed by atoms with Gasteiger partial charge in [-0.05, 0) is 34.8 Å². The maximum atomic E-state index is 13.3. The lowest BCUT2D eigenvalue weighted by Gasteiger charge is -2.33.